The normalized spacial score (nSPS) is 20.4. The molecule has 2 aromatic rings. The zero-order chi connectivity index (χ0) is 20.8. The molecule has 0 N–H and O–H groups in total. The van der Waals surface area contributed by atoms with Crippen molar-refractivity contribution in [2.75, 3.05) is 6.54 Å². The first kappa shape index (κ1) is 20.3. The summed E-state index contributed by atoms with van der Waals surface area (Å²) >= 11 is 0. The van der Waals surface area contributed by atoms with Crippen LogP contribution in [0.5, 0.6) is 0 Å². The summed E-state index contributed by atoms with van der Waals surface area (Å²) < 4.78 is 30.0. The number of aromatic nitrogens is 2. The van der Waals surface area contributed by atoms with Crippen LogP contribution >= 0.6 is 0 Å². The Bertz CT molecular complexity index is 1110. The van der Waals surface area contributed by atoms with Gasteiger partial charge in [0.25, 0.3) is 5.56 Å². The fourth-order valence-corrected chi connectivity index (χ4v) is 6.62. The SMILES string of the molecule is Cc1ccc(-c2nn(C)c(=O)c3c2CCCC3)cc1S(=O)(=O)N1CCCCC1C. The highest BCUT2D eigenvalue weighted by molar-refractivity contribution is 7.89. The van der Waals surface area contributed by atoms with Gasteiger partial charge in [0.1, 0.15) is 0 Å². The molecule has 0 amide bonds. The lowest BCUT2D eigenvalue weighted by Crippen LogP contribution is -2.42. The summed E-state index contributed by atoms with van der Waals surface area (Å²) in [7, 11) is -1.91. The Morgan fingerprint density at radius 1 is 1.07 bits per heavy atom. The summed E-state index contributed by atoms with van der Waals surface area (Å²) in [5, 5.41) is 4.53. The van der Waals surface area contributed by atoms with Crippen molar-refractivity contribution in [3.8, 4) is 11.3 Å². The highest BCUT2D eigenvalue weighted by atomic mass is 32.2. The van der Waals surface area contributed by atoms with E-state index in [1.807, 2.05) is 26.0 Å². The Kier molecular flexibility index (Phi) is 5.38. The average Bonchev–Trinajstić information content (AvgIpc) is 2.71. The van der Waals surface area contributed by atoms with Gasteiger partial charge in [-0.15, -0.1) is 0 Å². The Labute approximate surface area is 172 Å². The minimum absolute atomic E-state index is 0.0141. The molecule has 2 aliphatic rings. The van der Waals surface area contributed by atoms with Crippen molar-refractivity contribution in [2.24, 2.45) is 7.05 Å². The van der Waals surface area contributed by atoms with E-state index < -0.39 is 10.0 Å². The van der Waals surface area contributed by atoms with Crippen molar-refractivity contribution in [3.05, 3.63) is 45.2 Å². The fourth-order valence-electron chi connectivity index (χ4n) is 4.67. The van der Waals surface area contributed by atoms with E-state index in [0.29, 0.717) is 11.4 Å². The first-order chi connectivity index (χ1) is 13.8. The molecule has 1 fully saturated rings. The van der Waals surface area contributed by atoms with Gasteiger partial charge in [0, 0.05) is 30.8 Å². The lowest BCUT2D eigenvalue weighted by molar-refractivity contribution is 0.268. The van der Waals surface area contributed by atoms with Crippen LogP contribution in [0.3, 0.4) is 0 Å². The molecule has 1 aliphatic heterocycles. The smallest absolute Gasteiger partial charge is 0.268 e. The molecule has 1 atom stereocenters. The predicted octanol–water partition coefficient (Wildman–Crippen LogP) is 3.20. The van der Waals surface area contributed by atoms with Gasteiger partial charge in [-0.05, 0) is 69.6 Å². The zero-order valence-corrected chi connectivity index (χ0v) is 18.3. The van der Waals surface area contributed by atoms with Crippen molar-refractivity contribution in [2.45, 2.75) is 69.7 Å². The van der Waals surface area contributed by atoms with Gasteiger partial charge in [-0.2, -0.15) is 9.40 Å². The van der Waals surface area contributed by atoms with Crippen molar-refractivity contribution >= 4 is 10.0 Å². The van der Waals surface area contributed by atoms with E-state index in [4.69, 9.17) is 0 Å². The molecule has 1 aromatic carbocycles. The summed E-state index contributed by atoms with van der Waals surface area (Å²) in [4.78, 5) is 12.9. The molecule has 1 unspecified atom stereocenters. The van der Waals surface area contributed by atoms with Crippen molar-refractivity contribution < 1.29 is 8.42 Å². The molecule has 1 aliphatic carbocycles. The molecule has 29 heavy (non-hydrogen) atoms. The molecule has 2 heterocycles. The molecule has 0 saturated carbocycles. The molecule has 1 saturated heterocycles. The van der Waals surface area contributed by atoms with Gasteiger partial charge in [0.2, 0.25) is 10.0 Å². The van der Waals surface area contributed by atoms with E-state index >= 15 is 0 Å². The number of piperidine rings is 1. The number of aryl methyl sites for hydroxylation is 2. The molecular weight excluding hydrogens is 386 g/mol. The van der Waals surface area contributed by atoms with Gasteiger partial charge in [-0.25, -0.2) is 13.1 Å². The van der Waals surface area contributed by atoms with Gasteiger partial charge in [-0.3, -0.25) is 4.79 Å². The van der Waals surface area contributed by atoms with E-state index in [0.717, 1.165) is 72.9 Å². The maximum absolute atomic E-state index is 13.5. The van der Waals surface area contributed by atoms with E-state index in [-0.39, 0.29) is 11.6 Å². The molecule has 1 aromatic heterocycles. The first-order valence-electron chi connectivity index (χ1n) is 10.5. The van der Waals surface area contributed by atoms with E-state index in [2.05, 4.69) is 5.10 Å². The molecule has 4 rings (SSSR count). The molecule has 7 heteroatoms. The average molecular weight is 416 g/mol. The number of sulfonamides is 1. The molecule has 156 valence electrons. The minimum Gasteiger partial charge on any atom is -0.268 e. The number of fused-ring (bicyclic) bond motifs is 1. The van der Waals surface area contributed by atoms with Gasteiger partial charge in [0.15, 0.2) is 0 Å². The van der Waals surface area contributed by atoms with Crippen molar-refractivity contribution in [1.82, 2.24) is 14.1 Å². The Hall–Kier alpha value is -1.99. The third kappa shape index (κ3) is 3.55. The third-order valence-electron chi connectivity index (χ3n) is 6.35. The second-order valence-electron chi connectivity index (χ2n) is 8.38. The van der Waals surface area contributed by atoms with Crippen LogP contribution in [0.2, 0.25) is 0 Å². The van der Waals surface area contributed by atoms with Crippen LogP contribution in [0, 0.1) is 6.92 Å². The van der Waals surface area contributed by atoms with Crippen LogP contribution in [0.25, 0.3) is 11.3 Å². The third-order valence-corrected chi connectivity index (χ3v) is 8.50. The second-order valence-corrected chi connectivity index (χ2v) is 10.2. The van der Waals surface area contributed by atoms with E-state index in [9.17, 15) is 13.2 Å². The van der Waals surface area contributed by atoms with Gasteiger partial charge < -0.3 is 0 Å². The Morgan fingerprint density at radius 2 is 1.79 bits per heavy atom. The molecular formula is C22H29N3O3S. The Morgan fingerprint density at radius 3 is 2.52 bits per heavy atom. The number of hydrogen-bond donors (Lipinski definition) is 0. The van der Waals surface area contributed by atoms with Crippen LogP contribution in [0.15, 0.2) is 27.9 Å². The maximum Gasteiger partial charge on any atom is 0.269 e. The molecule has 0 radical (unpaired) electrons. The number of nitrogens with zero attached hydrogens (tertiary/aromatic N) is 3. The fraction of sp³-hybridized carbons (Fsp3) is 0.545. The first-order valence-corrected chi connectivity index (χ1v) is 12.0. The monoisotopic (exact) mass is 415 g/mol. The summed E-state index contributed by atoms with van der Waals surface area (Å²) in [6.07, 6.45) is 6.47. The lowest BCUT2D eigenvalue weighted by atomic mass is 9.89. The van der Waals surface area contributed by atoms with Crippen LogP contribution in [-0.4, -0.2) is 35.1 Å². The van der Waals surface area contributed by atoms with Crippen LogP contribution in [0.1, 0.15) is 55.7 Å². The van der Waals surface area contributed by atoms with Crippen molar-refractivity contribution in [3.63, 3.8) is 0 Å². The van der Waals surface area contributed by atoms with Crippen molar-refractivity contribution in [1.29, 1.82) is 0 Å². The number of benzene rings is 1. The molecule has 0 bridgehead atoms. The second kappa shape index (κ2) is 7.69. The quantitative estimate of drug-likeness (QED) is 0.772. The highest BCUT2D eigenvalue weighted by Gasteiger charge is 2.32. The lowest BCUT2D eigenvalue weighted by Gasteiger charge is -2.32. The minimum atomic E-state index is -3.57. The summed E-state index contributed by atoms with van der Waals surface area (Å²) in [6, 6.07) is 5.56. The molecule has 6 nitrogen and oxygen atoms in total. The zero-order valence-electron chi connectivity index (χ0n) is 17.4. The van der Waals surface area contributed by atoms with Gasteiger partial charge in [0.05, 0.1) is 10.6 Å². The summed E-state index contributed by atoms with van der Waals surface area (Å²) in [5.41, 5.74) is 4.03. The summed E-state index contributed by atoms with van der Waals surface area (Å²) in [5.74, 6) is 0. The topological polar surface area (TPSA) is 72.3 Å². The standard InChI is InChI=1S/C22H29N3O3S/c1-15-11-12-17(14-20(15)29(27,28)25-13-7-6-8-16(25)2)21-18-9-4-5-10-19(18)22(26)24(3)23-21/h11-12,14,16H,4-10,13H2,1-3H3. The summed E-state index contributed by atoms with van der Waals surface area (Å²) in [6.45, 7) is 4.40. The van der Waals surface area contributed by atoms with Gasteiger partial charge in [-0.1, -0.05) is 18.6 Å². The van der Waals surface area contributed by atoms with E-state index in [1.54, 1.807) is 17.4 Å². The highest BCUT2D eigenvalue weighted by Crippen LogP contribution is 2.33. The molecule has 0 spiro atoms. The Balaban J connectivity index is 1.85. The van der Waals surface area contributed by atoms with Crippen LogP contribution < -0.4 is 5.56 Å². The van der Waals surface area contributed by atoms with Crippen LogP contribution in [0.4, 0.5) is 0 Å². The van der Waals surface area contributed by atoms with E-state index in [1.165, 1.54) is 4.68 Å². The van der Waals surface area contributed by atoms with Crippen LogP contribution in [-0.2, 0) is 29.9 Å². The largest absolute Gasteiger partial charge is 0.269 e. The number of rotatable bonds is 3. The maximum atomic E-state index is 13.5. The predicted molar refractivity (Wildman–Crippen MR) is 113 cm³/mol. The number of hydrogen-bond acceptors (Lipinski definition) is 4. The van der Waals surface area contributed by atoms with Gasteiger partial charge >= 0.3 is 0 Å².